The first-order valence-electron chi connectivity index (χ1n) is 3.75. The number of nitrogens with one attached hydrogen (secondary N) is 2. The van der Waals surface area contributed by atoms with Crippen molar-refractivity contribution < 1.29 is 0 Å². The maximum atomic E-state index is 10.9. The summed E-state index contributed by atoms with van der Waals surface area (Å²) in [5.41, 5.74) is 1.76. The molecule has 0 aliphatic heterocycles. The van der Waals surface area contributed by atoms with Crippen molar-refractivity contribution in [2.75, 3.05) is 0 Å². The molecule has 0 atom stereocenters. The Morgan fingerprint density at radius 3 is 3.31 bits per heavy atom. The molecule has 0 unspecified atom stereocenters. The molecule has 6 nitrogen and oxygen atoms in total. The molecule has 0 bridgehead atoms. The Morgan fingerprint density at radius 1 is 1.46 bits per heavy atom. The minimum Gasteiger partial charge on any atom is -0.357 e. The molecule has 13 heavy (non-hydrogen) atoms. The van der Waals surface area contributed by atoms with Crippen LogP contribution in [0.2, 0.25) is 0 Å². The molecule has 3 aromatic heterocycles. The fourth-order valence-corrected chi connectivity index (χ4v) is 1.36. The van der Waals surface area contributed by atoms with Crippen LogP contribution in [0.5, 0.6) is 0 Å². The quantitative estimate of drug-likeness (QED) is 0.500. The molecule has 0 amide bonds. The molecule has 0 aliphatic carbocycles. The molecule has 3 aromatic rings. The molecule has 0 spiro atoms. The number of nitrogens with zero attached hydrogens (tertiary/aromatic N) is 3. The van der Waals surface area contributed by atoms with Crippen molar-refractivity contribution >= 4 is 16.7 Å². The van der Waals surface area contributed by atoms with Gasteiger partial charge in [0.25, 0.3) is 0 Å². The summed E-state index contributed by atoms with van der Waals surface area (Å²) in [7, 11) is 0. The number of H-pyrrole nitrogens is 2. The average molecular weight is 175 g/mol. The maximum Gasteiger partial charge on any atom is 0.362 e. The van der Waals surface area contributed by atoms with Crippen molar-refractivity contribution in [1.82, 2.24) is 24.6 Å². The zero-order chi connectivity index (χ0) is 8.84. The monoisotopic (exact) mass is 175 g/mol. The van der Waals surface area contributed by atoms with Crippen molar-refractivity contribution in [2.45, 2.75) is 0 Å². The molecule has 0 radical (unpaired) electrons. The Kier molecular flexibility index (Phi) is 0.974. The van der Waals surface area contributed by atoms with Gasteiger partial charge in [0.1, 0.15) is 11.8 Å². The van der Waals surface area contributed by atoms with Crippen molar-refractivity contribution in [3.05, 3.63) is 29.1 Å². The van der Waals surface area contributed by atoms with Gasteiger partial charge in [-0.15, -0.1) is 0 Å². The van der Waals surface area contributed by atoms with E-state index in [-0.39, 0.29) is 5.69 Å². The first-order chi connectivity index (χ1) is 6.34. The van der Waals surface area contributed by atoms with Gasteiger partial charge in [0.15, 0.2) is 5.65 Å². The van der Waals surface area contributed by atoms with Gasteiger partial charge in [-0.3, -0.25) is 0 Å². The molecule has 0 saturated heterocycles. The first-order valence-corrected chi connectivity index (χ1v) is 3.75. The summed E-state index contributed by atoms with van der Waals surface area (Å²) < 4.78 is 1.49. The summed E-state index contributed by atoms with van der Waals surface area (Å²) in [5, 5.41) is 2.51. The third kappa shape index (κ3) is 0.738. The van der Waals surface area contributed by atoms with Gasteiger partial charge in [0.05, 0.1) is 5.52 Å². The van der Waals surface area contributed by atoms with Gasteiger partial charge in [-0.25, -0.2) is 19.4 Å². The van der Waals surface area contributed by atoms with Crippen LogP contribution in [0.4, 0.5) is 0 Å². The van der Waals surface area contributed by atoms with Crippen molar-refractivity contribution in [3.8, 4) is 0 Å². The lowest BCUT2D eigenvalue weighted by Gasteiger charge is -1.91. The van der Waals surface area contributed by atoms with Crippen molar-refractivity contribution in [2.24, 2.45) is 0 Å². The van der Waals surface area contributed by atoms with E-state index in [4.69, 9.17) is 0 Å². The number of aromatic amines is 2. The van der Waals surface area contributed by atoms with Gasteiger partial charge < -0.3 is 4.98 Å². The summed E-state index contributed by atoms with van der Waals surface area (Å²) >= 11 is 0. The van der Waals surface area contributed by atoms with Gasteiger partial charge >= 0.3 is 5.69 Å². The normalized spacial score (nSPS) is 11.4. The zero-order valence-electron chi connectivity index (χ0n) is 6.48. The lowest BCUT2D eigenvalue weighted by atomic mass is 10.4. The highest BCUT2D eigenvalue weighted by molar-refractivity contribution is 5.87. The molecular formula is C7H5N5O. The third-order valence-electron chi connectivity index (χ3n) is 1.91. The number of hydrogen-bond donors (Lipinski definition) is 2. The second-order valence-corrected chi connectivity index (χ2v) is 2.70. The molecular weight excluding hydrogens is 170 g/mol. The summed E-state index contributed by atoms with van der Waals surface area (Å²) in [6.07, 6.45) is 3.29. The fourth-order valence-electron chi connectivity index (χ4n) is 1.36. The third-order valence-corrected chi connectivity index (χ3v) is 1.91. The molecule has 3 rings (SSSR count). The van der Waals surface area contributed by atoms with Crippen LogP contribution in [-0.2, 0) is 0 Å². The fraction of sp³-hybridized carbons (Fsp3) is 0. The van der Waals surface area contributed by atoms with Gasteiger partial charge in [0, 0.05) is 6.20 Å². The maximum absolute atomic E-state index is 10.9. The van der Waals surface area contributed by atoms with Gasteiger partial charge in [-0.05, 0) is 6.07 Å². The average Bonchev–Trinajstić information content (AvgIpc) is 2.65. The summed E-state index contributed by atoms with van der Waals surface area (Å²) in [5.74, 6) is 0. The highest BCUT2D eigenvalue weighted by Crippen LogP contribution is 2.11. The van der Waals surface area contributed by atoms with Crippen LogP contribution in [0.1, 0.15) is 0 Å². The second kappa shape index (κ2) is 1.98. The lowest BCUT2D eigenvalue weighted by Crippen LogP contribution is -2.01. The highest BCUT2D eigenvalue weighted by atomic mass is 16.1. The van der Waals surface area contributed by atoms with Crippen LogP contribution in [-0.4, -0.2) is 24.6 Å². The van der Waals surface area contributed by atoms with Gasteiger partial charge in [-0.2, -0.15) is 4.98 Å². The topological polar surface area (TPSA) is 78.8 Å². The van der Waals surface area contributed by atoms with E-state index in [1.165, 1.54) is 10.8 Å². The zero-order valence-corrected chi connectivity index (χ0v) is 6.48. The molecule has 3 heterocycles. The van der Waals surface area contributed by atoms with E-state index in [9.17, 15) is 4.79 Å². The molecule has 0 aliphatic rings. The molecule has 0 fully saturated rings. The van der Waals surface area contributed by atoms with E-state index < -0.39 is 0 Å². The van der Waals surface area contributed by atoms with Crippen molar-refractivity contribution in [3.63, 3.8) is 0 Å². The van der Waals surface area contributed by atoms with Gasteiger partial charge in [-0.1, -0.05) is 0 Å². The smallest absolute Gasteiger partial charge is 0.357 e. The van der Waals surface area contributed by atoms with Crippen LogP contribution < -0.4 is 5.69 Å². The Morgan fingerprint density at radius 2 is 2.38 bits per heavy atom. The Bertz CT molecular complexity index is 631. The summed E-state index contributed by atoms with van der Waals surface area (Å²) in [4.78, 5) is 21.8. The van der Waals surface area contributed by atoms with Crippen LogP contribution in [0.15, 0.2) is 23.4 Å². The minimum atomic E-state index is -0.371. The number of fused-ring (bicyclic) bond motifs is 3. The van der Waals surface area contributed by atoms with E-state index in [2.05, 4.69) is 20.1 Å². The molecule has 0 saturated carbocycles. The van der Waals surface area contributed by atoms with Crippen LogP contribution in [0.3, 0.4) is 0 Å². The number of aromatic nitrogens is 5. The predicted octanol–water partition coefficient (Wildman–Crippen LogP) is -0.101. The van der Waals surface area contributed by atoms with E-state index in [1.807, 2.05) is 6.07 Å². The Labute approximate surface area is 71.2 Å². The van der Waals surface area contributed by atoms with Gasteiger partial charge in [0.2, 0.25) is 0 Å². The van der Waals surface area contributed by atoms with Crippen LogP contribution in [0.25, 0.3) is 16.7 Å². The van der Waals surface area contributed by atoms with E-state index in [0.29, 0.717) is 5.65 Å². The predicted molar refractivity (Wildman–Crippen MR) is 45.5 cm³/mol. The van der Waals surface area contributed by atoms with Crippen LogP contribution in [0, 0.1) is 0 Å². The highest BCUT2D eigenvalue weighted by Gasteiger charge is 2.04. The molecule has 2 N–H and O–H groups in total. The minimum absolute atomic E-state index is 0.371. The van der Waals surface area contributed by atoms with Crippen molar-refractivity contribution in [1.29, 1.82) is 0 Å². The first kappa shape index (κ1) is 6.41. The van der Waals surface area contributed by atoms with E-state index in [1.54, 1.807) is 6.20 Å². The molecule has 64 valence electrons. The number of hydrogen-bond acceptors (Lipinski definition) is 3. The molecule has 0 aromatic carbocycles. The molecule has 6 heteroatoms. The lowest BCUT2D eigenvalue weighted by molar-refractivity contribution is 0.911. The summed E-state index contributed by atoms with van der Waals surface area (Å²) in [6, 6.07) is 1.83. The van der Waals surface area contributed by atoms with E-state index in [0.717, 1.165) is 11.0 Å². The SMILES string of the molecule is O=c1nc2c3[nH]ccc3ncn2[nH]1. The number of rotatable bonds is 0. The van der Waals surface area contributed by atoms with E-state index >= 15 is 0 Å². The van der Waals surface area contributed by atoms with Crippen LogP contribution >= 0.6 is 0 Å². The Hall–Kier alpha value is -2.11. The summed E-state index contributed by atoms with van der Waals surface area (Å²) in [6.45, 7) is 0. The largest absolute Gasteiger partial charge is 0.362 e. The second-order valence-electron chi connectivity index (χ2n) is 2.70. The Balaban J connectivity index is 2.71. The standard InChI is InChI=1S/C7H5N5O/c13-7-10-6-5-4(1-2-8-5)9-3-12(6)11-7/h1-3,8H,(H,11,13).